The summed E-state index contributed by atoms with van der Waals surface area (Å²) in [7, 11) is 0. The lowest BCUT2D eigenvalue weighted by atomic mass is 9.70. The molecule has 1 spiro atoms. The summed E-state index contributed by atoms with van der Waals surface area (Å²) in [6.07, 6.45) is 4.80. The highest BCUT2D eigenvalue weighted by Crippen LogP contribution is 2.45. The standard InChI is InChI=1S/C19H26N2O3/c1-2-23-17-12-16(19(17)8-5-9-24-19)21-18(22)20-15-10-13-6-3-4-7-14(13)11-15/h3-4,6-7,15-17H,2,5,8-12H2,1H3,(H2,20,21,22)/t16-,17-,19-/m1/s1. The molecule has 0 aromatic heterocycles. The van der Waals surface area contributed by atoms with Crippen LogP contribution >= 0.6 is 0 Å². The van der Waals surface area contributed by atoms with E-state index in [1.165, 1.54) is 11.1 Å². The first kappa shape index (κ1) is 15.9. The van der Waals surface area contributed by atoms with Crippen LogP contribution in [0.3, 0.4) is 0 Å². The summed E-state index contributed by atoms with van der Waals surface area (Å²) in [5.41, 5.74) is 2.39. The maximum Gasteiger partial charge on any atom is 0.315 e. The van der Waals surface area contributed by atoms with Gasteiger partial charge in [-0.15, -0.1) is 0 Å². The number of carbonyl (C=O) groups is 1. The number of carbonyl (C=O) groups excluding carboxylic acids is 1. The molecule has 2 fully saturated rings. The first-order valence-electron chi connectivity index (χ1n) is 9.10. The Bertz CT molecular complexity index is 587. The Balaban J connectivity index is 1.32. The molecule has 1 heterocycles. The summed E-state index contributed by atoms with van der Waals surface area (Å²) in [6, 6.07) is 8.58. The second-order valence-electron chi connectivity index (χ2n) is 7.13. The van der Waals surface area contributed by atoms with Gasteiger partial charge in [0.15, 0.2) is 0 Å². The third-order valence-electron chi connectivity index (χ3n) is 5.73. The van der Waals surface area contributed by atoms with Crippen molar-refractivity contribution in [2.24, 2.45) is 0 Å². The predicted molar refractivity (Wildman–Crippen MR) is 91.0 cm³/mol. The van der Waals surface area contributed by atoms with E-state index in [1.54, 1.807) is 0 Å². The number of ether oxygens (including phenoxy) is 2. The number of benzene rings is 1. The molecule has 1 aromatic carbocycles. The maximum absolute atomic E-state index is 12.4. The van der Waals surface area contributed by atoms with Gasteiger partial charge in [-0.3, -0.25) is 0 Å². The molecule has 4 rings (SSSR count). The summed E-state index contributed by atoms with van der Waals surface area (Å²) in [4.78, 5) is 12.4. The van der Waals surface area contributed by atoms with E-state index >= 15 is 0 Å². The van der Waals surface area contributed by atoms with Crippen molar-refractivity contribution in [3.8, 4) is 0 Å². The number of urea groups is 1. The third-order valence-corrected chi connectivity index (χ3v) is 5.73. The molecular formula is C19H26N2O3. The molecule has 0 radical (unpaired) electrons. The topological polar surface area (TPSA) is 59.6 Å². The lowest BCUT2D eigenvalue weighted by Crippen LogP contribution is -2.70. The summed E-state index contributed by atoms with van der Waals surface area (Å²) in [6.45, 7) is 3.46. The highest BCUT2D eigenvalue weighted by molar-refractivity contribution is 5.75. The first-order chi connectivity index (χ1) is 11.7. The Kier molecular flexibility index (Phi) is 4.22. The van der Waals surface area contributed by atoms with Crippen molar-refractivity contribution >= 4 is 6.03 Å². The number of hydrogen-bond acceptors (Lipinski definition) is 3. The molecule has 2 amide bonds. The smallest absolute Gasteiger partial charge is 0.315 e. The summed E-state index contributed by atoms with van der Waals surface area (Å²) in [5.74, 6) is 0. The lowest BCUT2D eigenvalue weighted by molar-refractivity contribution is -0.194. The van der Waals surface area contributed by atoms with Gasteiger partial charge in [-0.2, -0.15) is 0 Å². The average Bonchev–Trinajstić information content (AvgIpc) is 3.22. The van der Waals surface area contributed by atoms with Crippen molar-refractivity contribution in [2.45, 2.75) is 62.8 Å². The van der Waals surface area contributed by atoms with Crippen molar-refractivity contribution in [3.05, 3.63) is 35.4 Å². The number of amides is 2. The first-order valence-corrected chi connectivity index (χ1v) is 9.10. The van der Waals surface area contributed by atoms with Crippen molar-refractivity contribution in [1.82, 2.24) is 10.6 Å². The van der Waals surface area contributed by atoms with E-state index in [-0.39, 0.29) is 29.8 Å². The molecule has 3 aliphatic rings. The Hall–Kier alpha value is -1.59. The minimum Gasteiger partial charge on any atom is -0.375 e. The lowest BCUT2D eigenvalue weighted by Gasteiger charge is -2.52. The molecule has 5 nitrogen and oxygen atoms in total. The van der Waals surface area contributed by atoms with Gasteiger partial charge in [-0.05, 0) is 50.2 Å². The summed E-state index contributed by atoms with van der Waals surface area (Å²) >= 11 is 0. The van der Waals surface area contributed by atoms with Gasteiger partial charge in [-0.1, -0.05) is 24.3 Å². The van der Waals surface area contributed by atoms with Gasteiger partial charge in [0.25, 0.3) is 0 Å². The normalized spacial score (nSPS) is 31.7. The molecule has 24 heavy (non-hydrogen) atoms. The van der Waals surface area contributed by atoms with E-state index in [0.29, 0.717) is 6.61 Å². The minimum absolute atomic E-state index is 0.0559. The zero-order valence-corrected chi connectivity index (χ0v) is 14.2. The molecule has 0 bridgehead atoms. The van der Waals surface area contributed by atoms with Crippen molar-refractivity contribution in [1.29, 1.82) is 0 Å². The average molecular weight is 330 g/mol. The summed E-state index contributed by atoms with van der Waals surface area (Å²) < 4.78 is 11.8. The Morgan fingerprint density at radius 3 is 2.67 bits per heavy atom. The molecule has 5 heteroatoms. The van der Waals surface area contributed by atoms with Crippen molar-refractivity contribution < 1.29 is 14.3 Å². The van der Waals surface area contributed by atoms with Crippen LogP contribution in [0.5, 0.6) is 0 Å². The summed E-state index contributed by atoms with van der Waals surface area (Å²) in [5, 5.41) is 6.27. The van der Waals surface area contributed by atoms with Crippen LogP contribution in [0.2, 0.25) is 0 Å². The number of hydrogen-bond donors (Lipinski definition) is 2. The van der Waals surface area contributed by atoms with E-state index in [2.05, 4.69) is 34.9 Å². The minimum atomic E-state index is -0.300. The van der Waals surface area contributed by atoms with E-state index < -0.39 is 0 Å². The van der Waals surface area contributed by atoms with Gasteiger partial charge in [0.2, 0.25) is 0 Å². The number of nitrogens with one attached hydrogen (secondary N) is 2. The van der Waals surface area contributed by atoms with Gasteiger partial charge in [-0.25, -0.2) is 4.79 Å². The zero-order chi connectivity index (χ0) is 16.6. The molecule has 1 aliphatic heterocycles. The molecule has 1 saturated heterocycles. The van der Waals surface area contributed by atoms with Gasteiger partial charge >= 0.3 is 6.03 Å². The highest BCUT2D eigenvalue weighted by atomic mass is 16.6. The fourth-order valence-electron chi connectivity index (χ4n) is 4.53. The van der Waals surface area contributed by atoms with E-state index in [0.717, 1.165) is 38.7 Å². The van der Waals surface area contributed by atoms with Crippen LogP contribution in [-0.2, 0) is 22.3 Å². The van der Waals surface area contributed by atoms with E-state index in [4.69, 9.17) is 9.47 Å². The number of rotatable bonds is 4. The molecule has 2 N–H and O–H groups in total. The molecule has 1 saturated carbocycles. The van der Waals surface area contributed by atoms with Crippen LogP contribution in [-0.4, -0.2) is 43.0 Å². The fourth-order valence-corrected chi connectivity index (χ4v) is 4.53. The van der Waals surface area contributed by atoms with Gasteiger partial charge in [0, 0.05) is 19.3 Å². The van der Waals surface area contributed by atoms with Crippen LogP contribution in [0.1, 0.15) is 37.3 Å². The SMILES string of the molecule is CCO[C@@H]1C[C@@H](NC(=O)NC2Cc3ccccc3C2)[C@]12CCCO2. The molecular weight excluding hydrogens is 304 g/mol. The van der Waals surface area contributed by atoms with Crippen LogP contribution in [0.4, 0.5) is 4.79 Å². The van der Waals surface area contributed by atoms with E-state index in [9.17, 15) is 4.79 Å². The quantitative estimate of drug-likeness (QED) is 0.889. The second kappa shape index (κ2) is 6.37. The zero-order valence-electron chi connectivity index (χ0n) is 14.2. The van der Waals surface area contributed by atoms with Crippen LogP contribution < -0.4 is 10.6 Å². The Labute approximate surface area is 143 Å². The maximum atomic E-state index is 12.4. The predicted octanol–water partition coefficient (Wildman–Crippen LogP) is 2.18. The Morgan fingerprint density at radius 2 is 2.04 bits per heavy atom. The van der Waals surface area contributed by atoms with Gasteiger partial charge < -0.3 is 20.1 Å². The molecule has 130 valence electrons. The van der Waals surface area contributed by atoms with Crippen LogP contribution in [0.25, 0.3) is 0 Å². The van der Waals surface area contributed by atoms with Gasteiger partial charge in [0.05, 0.1) is 12.1 Å². The molecule has 2 aliphatic carbocycles. The molecule has 0 unspecified atom stereocenters. The highest BCUT2D eigenvalue weighted by Gasteiger charge is 2.59. The largest absolute Gasteiger partial charge is 0.375 e. The third kappa shape index (κ3) is 2.70. The van der Waals surface area contributed by atoms with Crippen molar-refractivity contribution in [2.75, 3.05) is 13.2 Å². The van der Waals surface area contributed by atoms with Crippen LogP contribution in [0, 0.1) is 0 Å². The van der Waals surface area contributed by atoms with Gasteiger partial charge in [0.1, 0.15) is 5.60 Å². The monoisotopic (exact) mass is 330 g/mol. The molecule has 1 aromatic rings. The number of fused-ring (bicyclic) bond motifs is 1. The molecule has 3 atom stereocenters. The van der Waals surface area contributed by atoms with E-state index in [1.807, 2.05) is 6.92 Å². The second-order valence-corrected chi connectivity index (χ2v) is 7.13. The Morgan fingerprint density at radius 1 is 1.29 bits per heavy atom. The van der Waals surface area contributed by atoms with Crippen molar-refractivity contribution in [3.63, 3.8) is 0 Å². The van der Waals surface area contributed by atoms with Crippen LogP contribution in [0.15, 0.2) is 24.3 Å². The fraction of sp³-hybridized carbons (Fsp3) is 0.632.